The van der Waals surface area contributed by atoms with E-state index in [1.807, 2.05) is 31.2 Å². The second-order valence-electron chi connectivity index (χ2n) is 4.45. The Morgan fingerprint density at radius 1 is 1.24 bits per heavy atom. The zero-order valence-electron chi connectivity index (χ0n) is 10.9. The van der Waals surface area contributed by atoms with E-state index < -0.39 is 6.10 Å². The molecular formula is C16H22O. The van der Waals surface area contributed by atoms with Crippen molar-refractivity contribution in [2.75, 3.05) is 0 Å². The predicted octanol–water partition coefficient (Wildman–Crippen LogP) is 4.00. The van der Waals surface area contributed by atoms with Gasteiger partial charge in [0, 0.05) is 6.42 Å². The van der Waals surface area contributed by atoms with Gasteiger partial charge in [0.05, 0.1) is 0 Å². The second-order valence-corrected chi connectivity index (χ2v) is 4.45. The van der Waals surface area contributed by atoms with Gasteiger partial charge >= 0.3 is 0 Å². The third-order valence-electron chi connectivity index (χ3n) is 2.75. The third kappa shape index (κ3) is 5.56. The molecule has 0 aliphatic carbocycles. The van der Waals surface area contributed by atoms with E-state index in [9.17, 15) is 5.11 Å². The molecule has 0 spiro atoms. The summed E-state index contributed by atoms with van der Waals surface area (Å²) in [6.07, 6.45) is 5.17. The molecule has 1 rings (SSSR count). The van der Waals surface area contributed by atoms with Gasteiger partial charge < -0.3 is 5.11 Å². The maximum Gasteiger partial charge on any atom is 0.140 e. The Bertz CT molecular complexity index is 384. The van der Waals surface area contributed by atoms with Gasteiger partial charge in [-0.3, -0.25) is 0 Å². The van der Waals surface area contributed by atoms with Gasteiger partial charge in [-0.1, -0.05) is 61.9 Å². The van der Waals surface area contributed by atoms with Crippen LogP contribution in [0.4, 0.5) is 0 Å². The van der Waals surface area contributed by atoms with Gasteiger partial charge in [0.1, 0.15) is 6.10 Å². The van der Waals surface area contributed by atoms with E-state index >= 15 is 0 Å². The first-order chi connectivity index (χ1) is 8.24. The van der Waals surface area contributed by atoms with Gasteiger partial charge in [-0.2, -0.15) is 0 Å². The van der Waals surface area contributed by atoms with Crippen LogP contribution in [0.5, 0.6) is 0 Å². The number of hydrogen-bond acceptors (Lipinski definition) is 1. The lowest BCUT2D eigenvalue weighted by Crippen LogP contribution is -1.93. The molecule has 0 saturated heterocycles. The number of aliphatic hydroxyl groups excluding tert-OH is 1. The highest BCUT2D eigenvalue weighted by Crippen LogP contribution is 2.13. The fraction of sp³-hybridized carbons (Fsp3) is 0.500. The standard InChI is InChI=1S/C16H22O/c1-3-4-5-6-7-8-12-16(17)15-11-9-10-14(2)13-15/h9-11,13,16-17H,3-7H2,1-2H3/t16-/m0/s1. The van der Waals surface area contributed by atoms with E-state index in [1.165, 1.54) is 19.3 Å². The number of aryl methyl sites for hydroxylation is 1. The summed E-state index contributed by atoms with van der Waals surface area (Å²) in [5, 5.41) is 9.87. The molecule has 0 radical (unpaired) electrons. The summed E-state index contributed by atoms with van der Waals surface area (Å²) >= 11 is 0. The molecule has 0 amide bonds. The second kappa shape index (κ2) is 7.92. The Labute approximate surface area is 105 Å². The number of aliphatic hydroxyl groups is 1. The summed E-state index contributed by atoms with van der Waals surface area (Å²) in [7, 11) is 0. The summed E-state index contributed by atoms with van der Waals surface area (Å²) in [5.74, 6) is 5.97. The average molecular weight is 230 g/mol. The largest absolute Gasteiger partial charge is 0.376 e. The molecular weight excluding hydrogens is 208 g/mol. The van der Waals surface area contributed by atoms with E-state index in [0.717, 1.165) is 24.0 Å². The highest BCUT2D eigenvalue weighted by atomic mass is 16.3. The molecule has 0 fully saturated rings. The first-order valence-electron chi connectivity index (χ1n) is 6.47. The van der Waals surface area contributed by atoms with Crippen LogP contribution in [0, 0.1) is 18.8 Å². The maximum atomic E-state index is 9.87. The summed E-state index contributed by atoms with van der Waals surface area (Å²) in [5.41, 5.74) is 2.05. The molecule has 1 nitrogen and oxygen atoms in total. The SMILES string of the molecule is CCCCCCC#C[C@H](O)c1cccc(C)c1. The zero-order valence-corrected chi connectivity index (χ0v) is 10.9. The number of unbranched alkanes of at least 4 members (excludes halogenated alkanes) is 4. The lowest BCUT2D eigenvalue weighted by molar-refractivity contribution is 0.238. The smallest absolute Gasteiger partial charge is 0.140 e. The molecule has 0 aromatic heterocycles. The van der Waals surface area contributed by atoms with Gasteiger partial charge in [-0.15, -0.1) is 5.92 Å². The molecule has 1 aromatic rings. The number of benzene rings is 1. The van der Waals surface area contributed by atoms with Crippen molar-refractivity contribution in [3.05, 3.63) is 35.4 Å². The quantitative estimate of drug-likeness (QED) is 0.598. The third-order valence-corrected chi connectivity index (χ3v) is 2.75. The van der Waals surface area contributed by atoms with E-state index in [2.05, 4.69) is 18.8 Å². The summed E-state index contributed by atoms with van der Waals surface area (Å²) < 4.78 is 0. The summed E-state index contributed by atoms with van der Waals surface area (Å²) in [4.78, 5) is 0. The molecule has 1 aromatic carbocycles. The molecule has 17 heavy (non-hydrogen) atoms. The van der Waals surface area contributed by atoms with Gasteiger partial charge in [0.25, 0.3) is 0 Å². The lowest BCUT2D eigenvalue weighted by atomic mass is 10.1. The monoisotopic (exact) mass is 230 g/mol. The van der Waals surface area contributed by atoms with Gasteiger partial charge in [0.15, 0.2) is 0 Å². The van der Waals surface area contributed by atoms with Crippen molar-refractivity contribution in [2.45, 2.75) is 52.1 Å². The highest BCUT2D eigenvalue weighted by molar-refractivity contribution is 5.28. The van der Waals surface area contributed by atoms with Crippen molar-refractivity contribution in [1.29, 1.82) is 0 Å². The van der Waals surface area contributed by atoms with E-state index in [0.29, 0.717) is 0 Å². The molecule has 1 heteroatoms. The minimum Gasteiger partial charge on any atom is -0.376 e. The summed E-state index contributed by atoms with van der Waals surface area (Å²) in [6, 6.07) is 7.88. The lowest BCUT2D eigenvalue weighted by Gasteiger charge is -2.04. The Morgan fingerprint density at radius 2 is 2.06 bits per heavy atom. The number of rotatable bonds is 5. The normalized spacial score (nSPS) is 11.7. The molecule has 0 aliphatic rings. The molecule has 1 atom stereocenters. The van der Waals surface area contributed by atoms with Crippen molar-refractivity contribution in [1.82, 2.24) is 0 Å². The molecule has 0 heterocycles. The Kier molecular flexibility index (Phi) is 6.43. The number of hydrogen-bond donors (Lipinski definition) is 1. The van der Waals surface area contributed by atoms with E-state index in [-0.39, 0.29) is 0 Å². The molecule has 0 bridgehead atoms. The molecule has 0 aliphatic heterocycles. The van der Waals surface area contributed by atoms with E-state index in [4.69, 9.17) is 0 Å². The molecule has 92 valence electrons. The Morgan fingerprint density at radius 3 is 2.76 bits per heavy atom. The maximum absolute atomic E-state index is 9.87. The Hall–Kier alpha value is -1.26. The van der Waals surface area contributed by atoms with Crippen LogP contribution >= 0.6 is 0 Å². The fourth-order valence-corrected chi connectivity index (χ4v) is 1.73. The minimum absolute atomic E-state index is 0.638. The zero-order chi connectivity index (χ0) is 12.5. The van der Waals surface area contributed by atoms with Crippen molar-refractivity contribution in [2.24, 2.45) is 0 Å². The van der Waals surface area contributed by atoms with Crippen LogP contribution in [0.2, 0.25) is 0 Å². The van der Waals surface area contributed by atoms with Crippen molar-refractivity contribution >= 4 is 0 Å². The van der Waals surface area contributed by atoms with Crippen LogP contribution in [0.15, 0.2) is 24.3 Å². The van der Waals surface area contributed by atoms with Crippen LogP contribution in [-0.4, -0.2) is 5.11 Å². The topological polar surface area (TPSA) is 20.2 Å². The molecule has 0 saturated carbocycles. The summed E-state index contributed by atoms with van der Waals surface area (Å²) in [6.45, 7) is 4.22. The van der Waals surface area contributed by atoms with Crippen LogP contribution in [0.3, 0.4) is 0 Å². The molecule has 1 N–H and O–H groups in total. The van der Waals surface area contributed by atoms with Crippen molar-refractivity contribution < 1.29 is 5.11 Å². The molecule has 0 unspecified atom stereocenters. The van der Waals surface area contributed by atoms with Crippen molar-refractivity contribution in [3.63, 3.8) is 0 Å². The minimum atomic E-state index is -0.638. The first kappa shape index (κ1) is 13.8. The van der Waals surface area contributed by atoms with Crippen LogP contribution < -0.4 is 0 Å². The van der Waals surface area contributed by atoms with E-state index in [1.54, 1.807) is 0 Å². The van der Waals surface area contributed by atoms with Crippen LogP contribution in [-0.2, 0) is 0 Å². The average Bonchev–Trinajstić information content (AvgIpc) is 2.33. The van der Waals surface area contributed by atoms with Crippen LogP contribution in [0.25, 0.3) is 0 Å². The van der Waals surface area contributed by atoms with Gasteiger partial charge in [0.2, 0.25) is 0 Å². The van der Waals surface area contributed by atoms with Crippen LogP contribution in [0.1, 0.15) is 56.3 Å². The van der Waals surface area contributed by atoms with Gasteiger partial charge in [-0.25, -0.2) is 0 Å². The first-order valence-corrected chi connectivity index (χ1v) is 6.47. The van der Waals surface area contributed by atoms with Gasteiger partial charge in [-0.05, 0) is 18.9 Å². The van der Waals surface area contributed by atoms with Crippen molar-refractivity contribution in [3.8, 4) is 11.8 Å². The highest BCUT2D eigenvalue weighted by Gasteiger charge is 2.02. The predicted molar refractivity (Wildman–Crippen MR) is 72.7 cm³/mol. The fourth-order valence-electron chi connectivity index (χ4n) is 1.73. The Balaban J connectivity index is 2.38.